The highest BCUT2D eigenvalue weighted by molar-refractivity contribution is 6.11. The Bertz CT molecular complexity index is 998. The maximum Gasteiger partial charge on any atom is 0.235 e. The fraction of sp³-hybridized carbons (Fsp3) is 0.227. The number of carbonyl (C=O) groups excluding carboxylic acids is 3. The highest BCUT2D eigenvalue weighted by Crippen LogP contribution is 2.52. The topological polar surface area (TPSA) is 57.7 Å². The van der Waals surface area contributed by atoms with Gasteiger partial charge in [-0.1, -0.05) is 54.6 Å². The summed E-state index contributed by atoms with van der Waals surface area (Å²) in [5.74, 6) is -1.77. The largest absolute Gasteiger partial charge is 0.358 e. The number of carbonyl (C=O) groups is 3. The van der Waals surface area contributed by atoms with Crippen molar-refractivity contribution in [1.29, 1.82) is 0 Å². The third-order valence-corrected chi connectivity index (χ3v) is 6.01. The molecule has 0 aliphatic carbocycles. The number of Topliss-reactive ketones (excluding diaryl/α,β-unsaturated/α-hetero) is 1. The second kappa shape index (κ2) is 5.64. The Balaban J connectivity index is 1.67. The number of ketones is 1. The van der Waals surface area contributed by atoms with Crippen LogP contribution < -0.4 is 0 Å². The van der Waals surface area contributed by atoms with Gasteiger partial charge in [0.05, 0.1) is 17.9 Å². The van der Waals surface area contributed by atoms with Crippen molar-refractivity contribution in [2.75, 3.05) is 7.05 Å². The maximum absolute atomic E-state index is 13.4. The molecule has 5 nitrogen and oxygen atoms in total. The lowest BCUT2D eigenvalue weighted by atomic mass is 9.83. The molecule has 0 radical (unpaired) electrons. The van der Waals surface area contributed by atoms with Gasteiger partial charge < -0.3 is 4.90 Å². The standard InChI is InChI=1S/C22H18N2O3/c1-23-21(26)16-17(22(23)27)19(20(25)14-8-3-2-4-9-14)24-12-11-13-7-5-6-10-15(13)18(16)24/h2-12,16-19H,1H3/t16-,17+,18-,19+/m0/s1. The summed E-state index contributed by atoms with van der Waals surface area (Å²) in [6.07, 6.45) is 3.83. The van der Waals surface area contributed by atoms with Gasteiger partial charge in [0, 0.05) is 18.8 Å². The summed E-state index contributed by atoms with van der Waals surface area (Å²) >= 11 is 0. The minimum atomic E-state index is -0.673. The number of hydrogen-bond acceptors (Lipinski definition) is 4. The highest BCUT2D eigenvalue weighted by Gasteiger charge is 2.63. The molecule has 0 bridgehead atoms. The smallest absolute Gasteiger partial charge is 0.235 e. The van der Waals surface area contributed by atoms with Gasteiger partial charge in [0.2, 0.25) is 11.8 Å². The second-order valence-electron chi connectivity index (χ2n) is 7.30. The zero-order chi connectivity index (χ0) is 18.7. The molecule has 2 fully saturated rings. The van der Waals surface area contributed by atoms with Crippen LogP contribution >= 0.6 is 0 Å². The molecule has 2 aromatic carbocycles. The monoisotopic (exact) mass is 358 g/mol. The van der Waals surface area contributed by atoms with Gasteiger partial charge in [-0.2, -0.15) is 0 Å². The van der Waals surface area contributed by atoms with Gasteiger partial charge in [-0.05, 0) is 17.2 Å². The van der Waals surface area contributed by atoms with Gasteiger partial charge in [0.25, 0.3) is 0 Å². The van der Waals surface area contributed by atoms with Crippen LogP contribution in [0.1, 0.15) is 27.5 Å². The molecule has 2 amide bonds. The Morgan fingerprint density at radius 2 is 1.56 bits per heavy atom. The molecule has 0 unspecified atom stereocenters. The van der Waals surface area contributed by atoms with Crippen LogP contribution in [0.25, 0.3) is 6.08 Å². The van der Waals surface area contributed by atoms with Gasteiger partial charge in [-0.25, -0.2) is 0 Å². The van der Waals surface area contributed by atoms with Gasteiger partial charge in [0.15, 0.2) is 5.78 Å². The Labute approximate surface area is 156 Å². The second-order valence-corrected chi connectivity index (χ2v) is 7.30. The Kier molecular flexibility index (Phi) is 3.34. The van der Waals surface area contributed by atoms with Crippen molar-refractivity contribution in [2.24, 2.45) is 11.8 Å². The van der Waals surface area contributed by atoms with Gasteiger partial charge in [-0.3, -0.25) is 19.3 Å². The summed E-state index contributed by atoms with van der Waals surface area (Å²) in [5, 5.41) is 0. The van der Waals surface area contributed by atoms with E-state index in [1.54, 1.807) is 12.1 Å². The number of benzene rings is 2. The van der Waals surface area contributed by atoms with Crippen molar-refractivity contribution in [3.8, 4) is 0 Å². The quantitative estimate of drug-likeness (QED) is 0.611. The molecule has 4 atom stereocenters. The zero-order valence-corrected chi connectivity index (χ0v) is 14.8. The fourth-order valence-corrected chi connectivity index (χ4v) is 4.78. The van der Waals surface area contributed by atoms with E-state index < -0.39 is 17.9 Å². The van der Waals surface area contributed by atoms with E-state index in [2.05, 4.69) is 0 Å². The lowest BCUT2D eigenvalue weighted by molar-refractivity contribution is -0.139. The summed E-state index contributed by atoms with van der Waals surface area (Å²) in [7, 11) is 1.52. The number of imide groups is 1. The van der Waals surface area contributed by atoms with Gasteiger partial charge in [-0.15, -0.1) is 0 Å². The van der Waals surface area contributed by atoms with E-state index in [0.717, 1.165) is 11.1 Å². The Hall–Kier alpha value is -3.21. The zero-order valence-electron chi connectivity index (χ0n) is 14.8. The van der Waals surface area contributed by atoms with E-state index in [1.165, 1.54) is 11.9 Å². The van der Waals surface area contributed by atoms with Gasteiger partial charge >= 0.3 is 0 Å². The minimum absolute atomic E-state index is 0.117. The van der Waals surface area contributed by atoms with Crippen LogP contribution in [0, 0.1) is 11.8 Å². The summed E-state index contributed by atoms with van der Waals surface area (Å²) in [6.45, 7) is 0. The predicted octanol–water partition coefficient (Wildman–Crippen LogP) is 2.51. The molecule has 27 heavy (non-hydrogen) atoms. The minimum Gasteiger partial charge on any atom is -0.358 e. The maximum atomic E-state index is 13.4. The number of hydrogen-bond donors (Lipinski definition) is 0. The van der Waals surface area contributed by atoms with Crippen LogP contribution in [0.5, 0.6) is 0 Å². The van der Waals surface area contributed by atoms with Crippen molar-refractivity contribution in [2.45, 2.75) is 12.1 Å². The van der Waals surface area contributed by atoms with Crippen LogP contribution in [-0.2, 0) is 9.59 Å². The molecule has 5 rings (SSSR count). The molecular formula is C22H18N2O3. The number of fused-ring (bicyclic) bond motifs is 5. The Morgan fingerprint density at radius 1 is 0.889 bits per heavy atom. The molecule has 0 saturated carbocycles. The predicted molar refractivity (Wildman–Crippen MR) is 99.4 cm³/mol. The lowest BCUT2D eigenvalue weighted by Crippen LogP contribution is -2.43. The Morgan fingerprint density at radius 3 is 2.33 bits per heavy atom. The number of likely N-dealkylation sites (tertiary alicyclic amines) is 1. The molecule has 0 spiro atoms. The lowest BCUT2D eigenvalue weighted by Gasteiger charge is -2.35. The van der Waals surface area contributed by atoms with Crippen LogP contribution in [0.3, 0.4) is 0 Å². The molecule has 3 heterocycles. The molecular weight excluding hydrogens is 340 g/mol. The highest BCUT2D eigenvalue weighted by atomic mass is 16.2. The first-order chi connectivity index (χ1) is 13.1. The molecule has 2 aromatic rings. The SMILES string of the molecule is CN1C(=O)[C@@H]2[C@H](C1=O)[C@@H]1c3ccccc3C=CN1[C@H]2C(=O)c1ccccc1. The van der Waals surface area contributed by atoms with E-state index in [-0.39, 0.29) is 23.6 Å². The first-order valence-electron chi connectivity index (χ1n) is 9.05. The molecule has 5 heteroatoms. The van der Waals surface area contributed by atoms with Crippen molar-refractivity contribution >= 4 is 23.7 Å². The van der Waals surface area contributed by atoms with E-state index in [1.807, 2.05) is 59.6 Å². The molecule has 0 N–H and O–H groups in total. The third-order valence-electron chi connectivity index (χ3n) is 6.01. The average molecular weight is 358 g/mol. The third kappa shape index (κ3) is 2.08. The number of nitrogens with zero attached hydrogens (tertiary/aromatic N) is 2. The molecule has 3 aliphatic rings. The molecule has 3 aliphatic heterocycles. The normalized spacial score (nSPS) is 28.2. The van der Waals surface area contributed by atoms with Crippen LogP contribution in [0.15, 0.2) is 60.8 Å². The van der Waals surface area contributed by atoms with Crippen LogP contribution in [0.4, 0.5) is 0 Å². The van der Waals surface area contributed by atoms with E-state index in [0.29, 0.717) is 5.56 Å². The van der Waals surface area contributed by atoms with Crippen LogP contribution in [0.2, 0.25) is 0 Å². The molecule has 0 aromatic heterocycles. The summed E-state index contributed by atoms with van der Waals surface area (Å²) < 4.78 is 0. The van der Waals surface area contributed by atoms with E-state index >= 15 is 0 Å². The van der Waals surface area contributed by atoms with E-state index in [9.17, 15) is 14.4 Å². The first-order valence-corrected chi connectivity index (χ1v) is 9.05. The molecule has 134 valence electrons. The average Bonchev–Trinajstić information content (AvgIpc) is 3.17. The first kappa shape index (κ1) is 16.0. The van der Waals surface area contributed by atoms with Crippen molar-refractivity contribution in [1.82, 2.24) is 9.80 Å². The number of rotatable bonds is 2. The van der Waals surface area contributed by atoms with Crippen molar-refractivity contribution in [3.05, 3.63) is 77.5 Å². The number of amides is 2. The van der Waals surface area contributed by atoms with Crippen molar-refractivity contribution in [3.63, 3.8) is 0 Å². The summed E-state index contributed by atoms with van der Waals surface area (Å²) in [5.41, 5.74) is 2.58. The van der Waals surface area contributed by atoms with Crippen LogP contribution in [-0.4, -0.2) is 40.5 Å². The van der Waals surface area contributed by atoms with E-state index in [4.69, 9.17) is 0 Å². The van der Waals surface area contributed by atoms with Crippen molar-refractivity contribution < 1.29 is 14.4 Å². The molecule has 2 saturated heterocycles. The fourth-order valence-electron chi connectivity index (χ4n) is 4.78. The summed E-state index contributed by atoms with van der Waals surface area (Å²) in [6, 6.07) is 15.9. The summed E-state index contributed by atoms with van der Waals surface area (Å²) in [4.78, 5) is 42.3. The van der Waals surface area contributed by atoms with Gasteiger partial charge in [0.1, 0.15) is 6.04 Å².